The average molecular weight is 140 g/mol. The van der Waals surface area contributed by atoms with E-state index in [0.717, 1.165) is 11.3 Å². The maximum absolute atomic E-state index is 10.9. The number of ketones is 1. The third-order valence-electron chi connectivity index (χ3n) is 1.67. The summed E-state index contributed by atoms with van der Waals surface area (Å²) in [6.45, 7) is 6.12. The number of hydrogen-bond donors (Lipinski definition) is 0. The van der Waals surface area contributed by atoms with Gasteiger partial charge < -0.3 is 4.74 Å². The summed E-state index contributed by atoms with van der Waals surface area (Å²) in [6, 6.07) is 0. The van der Waals surface area contributed by atoms with Crippen molar-refractivity contribution in [2.24, 2.45) is 5.92 Å². The lowest BCUT2D eigenvalue weighted by Crippen LogP contribution is -1.97. The largest absolute Gasteiger partial charge is 0.489 e. The van der Waals surface area contributed by atoms with E-state index >= 15 is 0 Å². The summed E-state index contributed by atoms with van der Waals surface area (Å²) in [5.41, 5.74) is 0.801. The molecule has 0 unspecified atom stereocenters. The molecule has 2 heteroatoms. The Balaban J connectivity index is 2.85. The van der Waals surface area contributed by atoms with Gasteiger partial charge in [-0.1, -0.05) is 13.8 Å². The van der Waals surface area contributed by atoms with E-state index in [1.807, 2.05) is 20.8 Å². The Morgan fingerprint density at radius 3 is 2.30 bits per heavy atom. The molecule has 0 atom stereocenters. The van der Waals surface area contributed by atoms with Gasteiger partial charge in [-0.15, -0.1) is 0 Å². The Hall–Kier alpha value is -0.790. The van der Waals surface area contributed by atoms with Gasteiger partial charge >= 0.3 is 0 Å². The van der Waals surface area contributed by atoms with Crippen LogP contribution in [0.2, 0.25) is 0 Å². The second kappa shape index (κ2) is 2.45. The summed E-state index contributed by atoms with van der Waals surface area (Å²) in [6.07, 6.45) is 0. The quantitative estimate of drug-likeness (QED) is 0.552. The lowest BCUT2D eigenvalue weighted by molar-refractivity contribution is -0.116. The lowest BCUT2D eigenvalue weighted by Gasteiger charge is -2.05. The topological polar surface area (TPSA) is 26.3 Å². The molecule has 10 heavy (non-hydrogen) atoms. The molecule has 1 heterocycles. The minimum absolute atomic E-state index is 0.128. The Morgan fingerprint density at radius 2 is 2.10 bits per heavy atom. The van der Waals surface area contributed by atoms with Crippen molar-refractivity contribution in [1.29, 1.82) is 0 Å². The van der Waals surface area contributed by atoms with Gasteiger partial charge in [-0.25, -0.2) is 0 Å². The second-order valence-corrected chi connectivity index (χ2v) is 2.86. The summed E-state index contributed by atoms with van der Waals surface area (Å²) in [4.78, 5) is 10.9. The van der Waals surface area contributed by atoms with Crippen LogP contribution < -0.4 is 0 Å². The van der Waals surface area contributed by atoms with Crippen molar-refractivity contribution in [2.75, 3.05) is 6.61 Å². The van der Waals surface area contributed by atoms with Crippen molar-refractivity contribution >= 4 is 5.78 Å². The van der Waals surface area contributed by atoms with Crippen LogP contribution in [0.4, 0.5) is 0 Å². The standard InChI is InChI=1S/C8H12O2/c1-5(2)8-6(3)7(9)4-10-8/h5H,4H2,1-3H3. The van der Waals surface area contributed by atoms with Crippen LogP contribution >= 0.6 is 0 Å². The molecule has 56 valence electrons. The van der Waals surface area contributed by atoms with Gasteiger partial charge in [-0.05, 0) is 6.92 Å². The van der Waals surface area contributed by atoms with Crippen LogP contribution in [-0.2, 0) is 9.53 Å². The van der Waals surface area contributed by atoms with Crippen LogP contribution in [0.1, 0.15) is 20.8 Å². The summed E-state index contributed by atoms with van der Waals surface area (Å²) in [7, 11) is 0. The molecule has 0 aromatic carbocycles. The molecule has 0 fully saturated rings. The van der Waals surface area contributed by atoms with Crippen LogP contribution in [0.15, 0.2) is 11.3 Å². The SMILES string of the molecule is CC1=C(C(C)C)OCC1=O. The summed E-state index contributed by atoms with van der Waals surface area (Å²) >= 11 is 0. The highest BCUT2D eigenvalue weighted by Crippen LogP contribution is 2.22. The minimum Gasteiger partial charge on any atom is -0.489 e. The molecule has 0 aromatic rings. The Bertz CT molecular complexity index is 189. The summed E-state index contributed by atoms with van der Waals surface area (Å²) in [5, 5.41) is 0. The number of Topliss-reactive ketones (excluding diaryl/α,β-unsaturated/α-hetero) is 1. The van der Waals surface area contributed by atoms with Crippen molar-refractivity contribution in [2.45, 2.75) is 20.8 Å². The van der Waals surface area contributed by atoms with Crippen molar-refractivity contribution in [3.05, 3.63) is 11.3 Å². The summed E-state index contributed by atoms with van der Waals surface area (Å²) in [5.74, 6) is 1.33. The highest BCUT2D eigenvalue weighted by molar-refractivity contribution is 5.98. The van der Waals surface area contributed by atoms with Crippen molar-refractivity contribution in [3.63, 3.8) is 0 Å². The van der Waals surface area contributed by atoms with Crippen LogP contribution in [0.5, 0.6) is 0 Å². The van der Waals surface area contributed by atoms with E-state index < -0.39 is 0 Å². The number of allylic oxidation sites excluding steroid dienone is 1. The number of carbonyl (C=O) groups excluding carboxylic acids is 1. The van der Waals surface area contributed by atoms with E-state index in [4.69, 9.17) is 4.74 Å². The number of carbonyl (C=O) groups is 1. The van der Waals surface area contributed by atoms with E-state index in [9.17, 15) is 4.79 Å². The molecule has 0 amide bonds. The maximum atomic E-state index is 10.9. The molecule has 0 aromatic heterocycles. The lowest BCUT2D eigenvalue weighted by atomic mass is 10.1. The van der Waals surface area contributed by atoms with E-state index in [1.54, 1.807) is 0 Å². The molecular weight excluding hydrogens is 128 g/mol. The third kappa shape index (κ3) is 1.06. The maximum Gasteiger partial charge on any atom is 0.199 e. The monoisotopic (exact) mass is 140 g/mol. The van der Waals surface area contributed by atoms with Gasteiger partial charge in [0.2, 0.25) is 0 Å². The Labute approximate surface area is 60.9 Å². The molecule has 1 aliphatic rings. The van der Waals surface area contributed by atoms with E-state index in [0.29, 0.717) is 5.92 Å². The predicted octanol–water partition coefficient (Wildman–Crippen LogP) is 1.52. The minimum atomic E-state index is 0.128. The van der Waals surface area contributed by atoms with Gasteiger partial charge in [-0.3, -0.25) is 4.79 Å². The van der Waals surface area contributed by atoms with E-state index in [1.165, 1.54) is 0 Å². The fourth-order valence-electron chi connectivity index (χ4n) is 1.10. The first-order valence-electron chi connectivity index (χ1n) is 3.49. The van der Waals surface area contributed by atoms with Gasteiger partial charge in [0.25, 0.3) is 0 Å². The molecular formula is C8H12O2. The van der Waals surface area contributed by atoms with Gasteiger partial charge in [0.05, 0.1) is 0 Å². The van der Waals surface area contributed by atoms with Gasteiger partial charge in [-0.2, -0.15) is 0 Å². The van der Waals surface area contributed by atoms with E-state index in [2.05, 4.69) is 0 Å². The molecule has 2 nitrogen and oxygen atoms in total. The Morgan fingerprint density at radius 1 is 1.50 bits per heavy atom. The molecule has 0 aliphatic carbocycles. The average Bonchev–Trinajstić information content (AvgIpc) is 2.14. The molecule has 0 saturated carbocycles. The number of ether oxygens (including phenoxy) is 1. The first-order valence-corrected chi connectivity index (χ1v) is 3.49. The highest BCUT2D eigenvalue weighted by atomic mass is 16.5. The van der Waals surface area contributed by atoms with Gasteiger partial charge in [0.15, 0.2) is 12.4 Å². The smallest absolute Gasteiger partial charge is 0.199 e. The van der Waals surface area contributed by atoms with Crippen molar-refractivity contribution < 1.29 is 9.53 Å². The fraction of sp³-hybridized carbons (Fsp3) is 0.625. The molecule has 1 rings (SSSR count). The van der Waals surface area contributed by atoms with Gasteiger partial charge in [0.1, 0.15) is 5.76 Å². The number of rotatable bonds is 1. The Kier molecular flexibility index (Phi) is 1.79. The fourth-order valence-corrected chi connectivity index (χ4v) is 1.10. The van der Waals surface area contributed by atoms with Crippen LogP contribution in [0, 0.1) is 5.92 Å². The van der Waals surface area contributed by atoms with Gasteiger partial charge in [0, 0.05) is 11.5 Å². The predicted molar refractivity (Wildman–Crippen MR) is 38.5 cm³/mol. The number of hydrogen-bond acceptors (Lipinski definition) is 2. The van der Waals surface area contributed by atoms with Crippen LogP contribution in [0.25, 0.3) is 0 Å². The molecule has 0 saturated heterocycles. The van der Waals surface area contributed by atoms with Crippen LogP contribution in [0.3, 0.4) is 0 Å². The van der Waals surface area contributed by atoms with Crippen LogP contribution in [-0.4, -0.2) is 12.4 Å². The normalized spacial score (nSPS) is 18.6. The first kappa shape index (κ1) is 7.32. The second-order valence-electron chi connectivity index (χ2n) is 2.86. The molecule has 0 radical (unpaired) electrons. The zero-order valence-corrected chi connectivity index (χ0v) is 6.60. The molecule has 0 spiro atoms. The first-order chi connectivity index (χ1) is 4.63. The summed E-state index contributed by atoms with van der Waals surface area (Å²) < 4.78 is 5.17. The van der Waals surface area contributed by atoms with E-state index in [-0.39, 0.29) is 12.4 Å². The molecule has 0 N–H and O–H groups in total. The zero-order valence-electron chi connectivity index (χ0n) is 6.60. The van der Waals surface area contributed by atoms with Crippen molar-refractivity contribution in [3.8, 4) is 0 Å². The zero-order chi connectivity index (χ0) is 7.72. The van der Waals surface area contributed by atoms with Crippen molar-refractivity contribution in [1.82, 2.24) is 0 Å². The highest BCUT2D eigenvalue weighted by Gasteiger charge is 2.22. The third-order valence-corrected chi connectivity index (χ3v) is 1.67. The molecule has 0 bridgehead atoms. The molecule has 1 aliphatic heterocycles.